The van der Waals surface area contributed by atoms with Crippen molar-refractivity contribution >= 4 is 27.3 Å². The van der Waals surface area contributed by atoms with Crippen molar-refractivity contribution < 1.29 is 8.42 Å². The van der Waals surface area contributed by atoms with Crippen LogP contribution < -0.4 is 10.5 Å². The molecule has 4 nitrogen and oxygen atoms in total. The Bertz CT molecular complexity index is 445. The monoisotopic (exact) mass is 248 g/mol. The summed E-state index contributed by atoms with van der Waals surface area (Å²) in [6, 6.07) is 5.03. The highest BCUT2D eigenvalue weighted by molar-refractivity contribution is 7.92. The van der Waals surface area contributed by atoms with E-state index in [4.69, 9.17) is 17.3 Å². The van der Waals surface area contributed by atoms with Gasteiger partial charge in [0.1, 0.15) is 0 Å². The van der Waals surface area contributed by atoms with Crippen molar-refractivity contribution in [3.8, 4) is 0 Å². The first-order valence-electron chi connectivity index (χ1n) is 4.41. The molecule has 84 valence electrons. The minimum atomic E-state index is -3.36. The Kier molecular flexibility index (Phi) is 3.96. The Morgan fingerprint density at radius 2 is 2.13 bits per heavy atom. The second-order valence-electron chi connectivity index (χ2n) is 3.17. The zero-order valence-corrected chi connectivity index (χ0v) is 9.90. The average molecular weight is 249 g/mol. The lowest BCUT2D eigenvalue weighted by Crippen LogP contribution is -2.22. The zero-order chi connectivity index (χ0) is 11.5. The van der Waals surface area contributed by atoms with Gasteiger partial charge in [-0.25, -0.2) is 8.42 Å². The molecule has 0 saturated heterocycles. The first-order chi connectivity index (χ1) is 6.94. The zero-order valence-electron chi connectivity index (χ0n) is 8.33. The maximum Gasteiger partial charge on any atom is 0.233 e. The van der Waals surface area contributed by atoms with Crippen LogP contribution in [0.25, 0.3) is 0 Å². The highest BCUT2D eigenvalue weighted by atomic mass is 35.5. The van der Waals surface area contributed by atoms with Crippen molar-refractivity contribution in [2.75, 3.05) is 17.0 Å². The maximum absolute atomic E-state index is 11.4. The lowest BCUT2D eigenvalue weighted by Gasteiger charge is -2.09. The summed E-state index contributed by atoms with van der Waals surface area (Å²) in [5.41, 5.74) is 6.51. The van der Waals surface area contributed by atoms with Crippen LogP contribution in [-0.2, 0) is 10.0 Å². The van der Waals surface area contributed by atoms with E-state index in [9.17, 15) is 8.42 Å². The van der Waals surface area contributed by atoms with E-state index in [1.165, 1.54) is 0 Å². The van der Waals surface area contributed by atoms with E-state index < -0.39 is 10.0 Å². The van der Waals surface area contributed by atoms with Gasteiger partial charge in [-0.15, -0.1) is 0 Å². The van der Waals surface area contributed by atoms with Gasteiger partial charge in [-0.3, -0.25) is 4.72 Å². The third-order valence-corrected chi connectivity index (χ3v) is 3.39. The van der Waals surface area contributed by atoms with Crippen LogP contribution in [0.2, 0.25) is 5.02 Å². The second-order valence-corrected chi connectivity index (χ2v) is 5.45. The first-order valence-corrected chi connectivity index (χ1v) is 6.44. The van der Waals surface area contributed by atoms with Crippen LogP contribution >= 0.6 is 11.6 Å². The summed E-state index contributed by atoms with van der Waals surface area (Å²) in [6.07, 6.45) is 0. The van der Waals surface area contributed by atoms with Gasteiger partial charge < -0.3 is 5.73 Å². The average Bonchev–Trinajstić information content (AvgIpc) is 2.10. The molecule has 1 rings (SSSR count). The summed E-state index contributed by atoms with van der Waals surface area (Å²) in [4.78, 5) is 0. The number of rotatable bonds is 4. The van der Waals surface area contributed by atoms with Gasteiger partial charge in [-0.2, -0.15) is 0 Å². The Hall–Kier alpha value is -0.780. The molecule has 0 bridgehead atoms. The number of nitrogens with two attached hydrogens (primary N) is 1. The van der Waals surface area contributed by atoms with Gasteiger partial charge in [0, 0.05) is 11.6 Å². The Labute approximate surface area is 94.5 Å². The van der Waals surface area contributed by atoms with E-state index in [1.807, 2.05) is 0 Å². The van der Waals surface area contributed by atoms with Gasteiger partial charge in [-0.1, -0.05) is 17.7 Å². The van der Waals surface area contributed by atoms with Gasteiger partial charge >= 0.3 is 0 Å². The topological polar surface area (TPSA) is 72.2 Å². The molecule has 0 aromatic heterocycles. The number of anilines is 1. The van der Waals surface area contributed by atoms with Crippen LogP contribution in [0.3, 0.4) is 0 Å². The van der Waals surface area contributed by atoms with Crippen LogP contribution in [0.5, 0.6) is 0 Å². The molecule has 3 N–H and O–H groups in total. The number of halogens is 1. The van der Waals surface area contributed by atoms with Crippen molar-refractivity contribution in [2.45, 2.75) is 6.92 Å². The minimum absolute atomic E-state index is 0.0922. The molecule has 0 heterocycles. The SMILES string of the molecule is Cc1ccc(Cl)cc1NS(=O)(=O)CCN. The van der Waals surface area contributed by atoms with Gasteiger partial charge in [0.25, 0.3) is 0 Å². The molecule has 0 fully saturated rings. The Morgan fingerprint density at radius 3 is 2.73 bits per heavy atom. The number of hydrogen-bond acceptors (Lipinski definition) is 3. The summed E-state index contributed by atoms with van der Waals surface area (Å²) >= 11 is 5.76. The molecule has 0 aliphatic rings. The maximum atomic E-state index is 11.4. The van der Waals surface area contributed by atoms with Gasteiger partial charge in [0.05, 0.1) is 11.4 Å². The largest absolute Gasteiger partial charge is 0.329 e. The number of sulfonamides is 1. The number of benzene rings is 1. The van der Waals surface area contributed by atoms with Crippen LogP contribution in [0, 0.1) is 6.92 Å². The fraction of sp³-hybridized carbons (Fsp3) is 0.333. The number of hydrogen-bond donors (Lipinski definition) is 2. The van der Waals surface area contributed by atoms with Crippen molar-refractivity contribution in [1.82, 2.24) is 0 Å². The third kappa shape index (κ3) is 3.70. The van der Waals surface area contributed by atoms with Crippen LogP contribution in [-0.4, -0.2) is 20.7 Å². The molecule has 0 spiro atoms. The molecule has 0 saturated carbocycles. The summed E-state index contributed by atoms with van der Waals surface area (Å²) in [5, 5.41) is 0.492. The lowest BCUT2D eigenvalue weighted by molar-refractivity contribution is 0.601. The van der Waals surface area contributed by atoms with Crippen LogP contribution in [0.1, 0.15) is 5.56 Å². The molecule has 0 amide bonds. The highest BCUT2D eigenvalue weighted by Gasteiger charge is 2.10. The summed E-state index contributed by atoms with van der Waals surface area (Å²) in [7, 11) is -3.36. The second kappa shape index (κ2) is 4.83. The highest BCUT2D eigenvalue weighted by Crippen LogP contribution is 2.21. The molecule has 1 aromatic carbocycles. The number of aryl methyl sites for hydroxylation is 1. The minimum Gasteiger partial charge on any atom is -0.329 e. The smallest absolute Gasteiger partial charge is 0.233 e. The van der Waals surface area contributed by atoms with Gasteiger partial charge in [-0.05, 0) is 24.6 Å². The molecule has 15 heavy (non-hydrogen) atoms. The van der Waals surface area contributed by atoms with Crippen molar-refractivity contribution in [2.24, 2.45) is 5.73 Å². The fourth-order valence-electron chi connectivity index (χ4n) is 1.08. The van der Waals surface area contributed by atoms with E-state index in [0.29, 0.717) is 10.7 Å². The van der Waals surface area contributed by atoms with Crippen LogP contribution in [0.4, 0.5) is 5.69 Å². The molecule has 0 aliphatic heterocycles. The van der Waals surface area contributed by atoms with Gasteiger partial charge in [0.2, 0.25) is 10.0 Å². The molecular formula is C9H13ClN2O2S. The summed E-state index contributed by atoms with van der Waals surface area (Å²) in [5.74, 6) is -0.0983. The quantitative estimate of drug-likeness (QED) is 0.845. The fourth-order valence-corrected chi connectivity index (χ4v) is 2.22. The normalized spacial score (nSPS) is 11.4. The summed E-state index contributed by atoms with van der Waals surface area (Å²) in [6.45, 7) is 1.89. The Balaban J connectivity index is 2.94. The molecule has 0 atom stereocenters. The molecule has 0 unspecified atom stereocenters. The van der Waals surface area contributed by atoms with Crippen LogP contribution in [0.15, 0.2) is 18.2 Å². The number of nitrogens with one attached hydrogen (secondary N) is 1. The standard InChI is InChI=1S/C9H13ClN2O2S/c1-7-2-3-8(10)6-9(7)12-15(13,14)5-4-11/h2-3,6,12H,4-5,11H2,1H3. The third-order valence-electron chi connectivity index (χ3n) is 1.85. The predicted molar refractivity (Wildman–Crippen MR) is 62.7 cm³/mol. The predicted octanol–water partition coefficient (Wildman–Crippen LogP) is 1.35. The van der Waals surface area contributed by atoms with Gasteiger partial charge in [0.15, 0.2) is 0 Å². The van der Waals surface area contributed by atoms with Crippen molar-refractivity contribution in [3.63, 3.8) is 0 Å². The summed E-state index contributed by atoms with van der Waals surface area (Å²) < 4.78 is 25.3. The van der Waals surface area contributed by atoms with Crippen molar-refractivity contribution in [3.05, 3.63) is 28.8 Å². The van der Waals surface area contributed by atoms with E-state index in [1.54, 1.807) is 25.1 Å². The lowest BCUT2D eigenvalue weighted by atomic mass is 10.2. The van der Waals surface area contributed by atoms with E-state index in [2.05, 4.69) is 4.72 Å². The van der Waals surface area contributed by atoms with Crippen molar-refractivity contribution in [1.29, 1.82) is 0 Å². The Morgan fingerprint density at radius 1 is 1.47 bits per heavy atom. The molecule has 0 aliphatic carbocycles. The molecular weight excluding hydrogens is 236 g/mol. The molecule has 0 radical (unpaired) electrons. The van der Waals surface area contributed by atoms with E-state index >= 15 is 0 Å². The first kappa shape index (κ1) is 12.3. The van der Waals surface area contributed by atoms with E-state index in [-0.39, 0.29) is 12.3 Å². The molecule has 1 aromatic rings. The molecule has 6 heteroatoms. The van der Waals surface area contributed by atoms with E-state index in [0.717, 1.165) is 5.56 Å².